The van der Waals surface area contributed by atoms with E-state index in [0.717, 1.165) is 39.2 Å². The van der Waals surface area contributed by atoms with Gasteiger partial charge in [0.15, 0.2) is 0 Å². The van der Waals surface area contributed by atoms with E-state index in [9.17, 15) is 0 Å². The Bertz CT molecular complexity index is 2830. The van der Waals surface area contributed by atoms with Gasteiger partial charge in [-0.05, 0) is 68.7 Å². The molecule has 10 rings (SSSR count). The van der Waals surface area contributed by atoms with Gasteiger partial charge in [0.05, 0.1) is 33.5 Å². The molecule has 3 heteroatoms. The second kappa shape index (κ2) is 10.1. The number of fused-ring (bicyclic) bond motifs is 9. The molecule has 0 N–H and O–H groups in total. The highest BCUT2D eigenvalue weighted by atomic mass is 15.0. The molecule has 2 aromatic heterocycles. The summed E-state index contributed by atoms with van der Waals surface area (Å²) in [5.41, 5.74) is 9.03. The topological polar surface area (TPSA) is 30.7 Å². The largest absolute Gasteiger partial charge is 0.309 e. The molecule has 0 saturated heterocycles. The molecule has 0 amide bonds. The maximum atomic E-state index is 5.29. The zero-order valence-electron chi connectivity index (χ0n) is 25.4. The third kappa shape index (κ3) is 4.00. The van der Waals surface area contributed by atoms with Crippen LogP contribution in [0.1, 0.15) is 0 Å². The van der Waals surface area contributed by atoms with E-state index in [4.69, 9.17) is 9.97 Å². The van der Waals surface area contributed by atoms with Crippen molar-refractivity contribution in [3.8, 4) is 28.2 Å². The second-order valence-electron chi connectivity index (χ2n) is 12.2. The van der Waals surface area contributed by atoms with Gasteiger partial charge in [-0.1, -0.05) is 127 Å². The van der Waals surface area contributed by atoms with Crippen LogP contribution in [0.15, 0.2) is 164 Å². The number of hydrogen-bond acceptors (Lipinski definition) is 2. The molecular formula is C44H27N3. The summed E-state index contributed by atoms with van der Waals surface area (Å²) in [5.74, 6) is 0. The Labute approximate surface area is 271 Å². The smallest absolute Gasteiger partial charge is 0.0973 e. The lowest BCUT2D eigenvalue weighted by Gasteiger charge is -2.13. The van der Waals surface area contributed by atoms with Gasteiger partial charge in [0.2, 0.25) is 0 Å². The third-order valence-electron chi connectivity index (χ3n) is 9.52. The third-order valence-corrected chi connectivity index (χ3v) is 9.52. The maximum absolute atomic E-state index is 5.29. The van der Waals surface area contributed by atoms with Crippen LogP contribution < -0.4 is 0 Å². The van der Waals surface area contributed by atoms with Crippen molar-refractivity contribution < 1.29 is 0 Å². The molecule has 8 aromatic carbocycles. The van der Waals surface area contributed by atoms with E-state index in [1.807, 2.05) is 12.1 Å². The number of rotatable bonds is 3. The molecule has 10 aromatic rings. The quantitative estimate of drug-likeness (QED) is 0.190. The van der Waals surface area contributed by atoms with Crippen molar-refractivity contribution in [3.05, 3.63) is 164 Å². The summed E-state index contributed by atoms with van der Waals surface area (Å²) in [4.78, 5) is 10.5. The molecule has 0 saturated carbocycles. The van der Waals surface area contributed by atoms with E-state index in [2.05, 4.69) is 156 Å². The molecule has 0 radical (unpaired) electrons. The zero-order chi connectivity index (χ0) is 30.9. The fraction of sp³-hybridized carbons (Fsp3) is 0. The summed E-state index contributed by atoms with van der Waals surface area (Å²) in [6, 6.07) is 58.3. The van der Waals surface area contributed by atoms with Gasteiger partial charge in [-0.2, -0.15) is 0 Å². The highest BCUT2D eigenvalue weighted by Gasteiger charge is 2.17. The van der Waals surface area contributed by atoms with Crippen molar-refractivity contribution in [1.82, 2.24) is 14.5 Å². The minimum absolute atomic E-state index is 0.866. The van der Waals surface area contributed by atoms with E-state index in [1.165, 1.54) is 54.1 Å². The monoisotopic (exact) mass is 597 g/mol. The second-order valence-corrected chi connectivity index (χ2v) is 12.2. The summed E-state index contributed by atoms with van der Waals surface area (Å²) < 4.78 is 2.38. The van der Waals surface area contributed by atoms with Crippen LogP contribution in [0.3, 0.4) is 0 Å². The predicted molar refractivity (Wildman–Crippen MR) is 197 cm³/mol. The molecule has 2 heterocycles. The van der Waals surface area contributed by atoms with Crippen molar-refractivity contribution >= 4 is 65.2 Å². The van der Waals surface area contributed by atoms with Crippen LogP contribution in [-0.2, 0) is 0 Å². The van der Waals surface area contributed by atoms with Crippen LogP contribution >= 0.6 is 0 Å². The SMILES string of the molecule is c1ccc(-c2nc3ccc(-n4c5ccccc5c5cc6c(ccc7ccc8ccccc8c76)cc54)cc3nc2-c2ccccc2)cc1. The molecular weight excluding hydrogens is 571 g/mol. The lowest BCUT2D eigenvalue weighted by Crippen LogP contribution is -1.98. The Balaban J connectivity index is 1.25. The summed E-state index contributed by atoms with van der Waals surface area (Å²) in [6.45, 7) is 0. The maximum Gasteiger partial charge on any atom is 0.0973 e. The van der Waals surface area contributed by atoms with Gasteiger partial charge in [0.25, 0.3) is 0 Å². The predicted octanol–water partition coefficient (Wildman–Crippen LogP) is 11.5. The standard InChI is InChI=1S/C44H27N3/c1-3-12-30(13-4-1)43-44(31-14-5-2-6-15-31)46-39-26-33(23-24-38(39)45-43)47-40-18-10-9-17-35(40)37-27-36-32(25-41(37)47)22-21-29-20-19-28-11-7-8-16-34(28)42(29)36/h1-27H. The van der Waals surface area contributed by atoms with Gasteiger partial charge in [-0.25, -0.2) is 9.97 Å². The summed E-state index contributed by atoms with van der Waals surface area (Å²) in [5, 5.41) is 10.1. The van der Waals surface area contributed by atoms with E-state index in [0.29, 0.717) is 0 Å². The fourth-order valence-electron chi connectivity index (χ4n) is 7.35. The average molecular weight is 598 g/mol. The summed E-state index contributed by atoms with van der Waals surface area (Å²) in [6.07, 6.45) is 0. The molecule has 0 fully saturated rings. The van der Waals surface area contributed by atoms with Crippen LogP contribution in [0.25, 0.3) is 93.4 Å². The van der Waals surface area contributed by atoms with Crippen LogP contribution in [0.2, 0.25) is 0 Å². The number of hydrogen-bond donors (Lipinski definition) is 0. The zero-order valence-corrected chi connectivity index (χ0v) is 25.4. The Morgan fingerprint density at radius 3 is 1.74 bits per heavy atom. The number of aromatic nitrogens is 3. The molecule has 0 aliphatic rings. The Kier molecular flexibility index (Phi) is 5.57. The normalized spacial score (nSPS) is 11.8. The average Bonchev–Trinajstić information content (AvgIpc) is 3.46. The van der Waals surface area contributed by atoms with Crippen LogP contribution in [0, 0.1) is 0 Å². The molecule has 0 spiro atoms. The molecule has 0 bridgehead atoms. The van der Waals surface area contributed by atoms with Gasteiger partial charge in [0.1, 0.15) is 0 Å². The molecule has 218 valence electrons. The molecule has 0 aliphatic carbocycles. The Morgan fingerprint density at radius 2 is 0.979 bits per heavy atom. The molecule has 47 heavy (non-hydrogen) atoms. The fourth-order valence-corrected chi connectivity index (χ4v) is 7.35. The Hall–Kier alpha value is -6.32. The van der Waals surface area contributed by atoms with Gasteiger partial charge >= 0.3 is 0 Å². The van der Waals surface area contributed by atoms with E-state index < -0.39 is 0 Å². The van der Waals surface area contributed by atoms with Gasteiger partial charge in [-0.15, -0.1) is 0 Å². The van der Waals surface area contributed by atoms with Crippen molar-refractivity contribution in [2.75, 3.05) is 0 Å². The minimum atomic E-state index is 0.866. The van der Waals surface area contributed by atoms with E-state index in [-0.39, 0.29) is 0 Å². The highest BCUT2D eigenvalue weighted by Crippen LogP contribution is 2.39. The lowest BCUT2D eigenvalue weighted by molar-refractivity contribution is 1.18. The van der Waals surface area contributed by atoms with Crippen molar-refractivity contribution in [3.63, 3.8) is 0 Å². The summed E-state index contributed by atoms with van der Waals surface area (Å²) >= 11 is 0. The molecule has 0 atom stereocenters. The van der Waals surface area contributed by atoms with Crippen LogP contribution in [-0.4, -0.2) is 14.5 Å². The number of nitrogens with zero attached hydrogens (tertiary/aromatic N) is 3. The molecule has 0 unspecified atom stereocenters. The number of para-hydroxylation sites is 1. The van der Waals surface area contributed by atoms with Crippen LogP contribution in [0.5, 0.6) is 0 Å². The molecule has 3 nitrogen and oxygen atoms in total. The van der Waals surface area contributed by atoms with E-state index >= 15 is 0 Å². The first kappa shape index (κ1) is 26.0. The molecule has 0 aliphatic heterocycles. The van der Waals surface area contributed by atoms with Gasteiger partial charge in [-0.3, -0.25) is 0 Å². The number of benzene rings is 8. The van der Waals surface area contributed by atoms with Gasteiger partial charge < -0.3 is 4.57 Å². The minimum Gasteiger partial charge on any atom is -0.309 e. The summed E-state index contributed by atoms with van der Waals surface area (Å²) in [7, 11) is 0. The van der Waals surface area contributed by atoms with Crippen molar-refractivity contribution in [1.29, 1.82) is 0 Å². The Morgan fingerprint density at radius 1 is 0.362 bits per heavy atom. The van der Waals surface area contributed by atoms with Crippen molar-refractivity contribution in [2.24, 2.45) is 0 Å². The van der Waals surface area contributed by atoms with Gasteiger partial charge in [0, 0.05) is 27.6 Å². The lowest BCUT2D eigenvalue weighted by atomic mass is 9.95. The van der Waals surface area contributed by atoms with Crippen LogP contribution in [0.4, 0.5) is 0 Å². The van der Waals surface area contributed by atoms with E-state index in [1.54, 1.807) is 0 Å². The van der Waals surface area contributed by atoms with Crippen molar-refractivity contribution in [2.45, 2.75) is 0 Å². The first-order valence-corrected chi connectivity index (χ1v) is 16.0. The highest BCUT2D eigenvalue weighted by molar-refractivity contribution is 6.24. The first-order valence-electron chi connectivity index (χ1n) is 16.0. The first-order chi connectivity index (χ1) is 23.3.